The Balaban J connectivity index is 1.67. The average molecular weight is 494 g/mol. The van der Waals surface area contributed by atoms with Crippen LogP contribution in [-0.2, 0) is 11.1 Å². The Kier molecular flexibility index (Phi) is 5.04. The molecule has 0 saturated heterocycles. The van der Waals surface area contributed by atoms with Gasteiger partial charge >= 0.3 is 7.75 Å². The maximum atomic E-state index is 14.3. The lowest BCUT2D eigenvalue weighted by Gasteiger charge is -2.37. The molecule has 5 rings (SSSR count). The lowest BCUT2D eigenvalue weighted by atomic mass is 10.0. The van der Waals surface area contributed by atoms with Gasteiger partial charge in [-0.2, -0.15) is 0 Å². The molecule has 0 bridgehead atoms. The molecule has 0 fully saturated rings. The van der Waals surface area contributed by atoms with E-state index in [9.17, 15) is 4.57 Å². The first-order valence-corrected chi connectivity index (χ1v) is 12.3. The first kappa shape index (κ1) is 20.2. The Morgan fingerprint density at radius 2 is 1.61 bits per heavy atom. The number of hydrogen-bond acceptors (Lipinski definition) is 3. The van der Waals surface area contributed by atoms with Gasteiger partial charge in [0.25, 0.3) is 0 Å². The number of rotatable bonds is 3. The molecule has 0 aliphatic carbocycles. The van der Waals surface area contributed by atoms with Crippen molar-refractivity contribution in [1.82, 2.24) is 0 Å². The molecule has 0 saturated carbocycles. The predicted molar refractivity (Wildman–Crippen MR) is 129 cm³/mol. The summed E-state index contributed by atoms with van der Waals surface area (Å²) in [6.07, 6.45) is 0. The predicted octanol–water partition coefficient (Wildman–Crippen LogP) is 7.81. The molecule has 4 aromatic carbocycles. The Labute approximate surface area is 190 Å². The van der Waals surface area contributed by atoms with Crippen LogP contribution in [0.3, 0.4) is 0 Å². The normalized spacial score (nSPS) is 17.8. The molecule has 4 nitrogen and oxygen atoms in total. The van der Waals surface area contributed by atoms with Crippen molar-refractivity contribution in [1.29, 1.82) is 0 Å². The highest BCUT2D eigenvalue weighted by molar-refractivity contribution is 9.10. The van der Waals surface area contributed by atoms with Crippen molar-refractivity contribution in [2.24, 2.45) is 0 Å². The highest BCUT2D eigenvalue weighted by Gasteiger charge is 2.43. The molecule has 31 heavy (non-hydrogen) atoms. The second-order valence-corrected chi connectivity index (χ2v) is 10.4. The van der Waals surface area contributed by atoms with Crippen LogP contribution < -0.4 is 13.7 Å². The Morgan fingerprint density at radius 1 is 0.903 bits per heavy atom. The van der Waals surface area contributed by atoms with E-state index in [-0.39, 0.29) is 0 Å². The molecule has 1 aliphatic heterocycles. The fraction of sp³-hybridized carbons (Fsp3) is 0.120. The van der Waals surface area contributed by atoms with Gasteiger partial charge in [0.05, 0.1) is 6.54 Å². The molecule has 0 radical (unpaired) electrons. The zero-order valence-corrected chi connectivity index (χ0v) is 19.7. The topological polar surface area (TPSA) is 38.8 Å². The van der Waals surface area contributed by atoms with Crippen molar-refractivity contribution in [3.63, 3.8) is 0 Å². The number of halogens is 1. The van der Waals surface area contributed by atoms with Crippen molar-refractivity contribution in [3.8, 4) is 11.5 Å². The molecular formula is C25H21BrNO3P. The molecule has 1 aliphatic rings. The molecule has 156 valence electrons. The van der Waals surface area contributed by atoms with E-state index in [1.54, 1.807) is 4.67 Å². The van der Waals surface area contributed by atoms with E-state index in [4.69, 9.17) is 9.05 Å². The summed E-state index contributed by atoms with van der Waals surface area (Å²) in [5.41, 5.74) is 3.60. The number of hydrogen-bond donors (Lipinski definition) is 0. The summed E-state index contributed by atoms with van der Waals surface area (Å²) in [5.74, 6) is 1.19. The van der Waals surface area contributed by atoms with Crippen LogP contribution >= 0.6 is 23.7 Å². The van der Waals surface area contributed by atoms with Gasteiger partial charge in [0.1, 0.15) is 11.5 Å². The minimum atomic E-state index is -3.73. The highest BCUT2D eigenvalue weighted by Crippen LogP contribution is 2.59. The first-order chi connectivity index (χ1) is 14.9. The fourth-order valence-corrected chi connectivity index (χ4v) is 6.11. The van der Waals surface area contributed by atoms with Crippen LogP contribution in [0.4, 0.5) is 5.69 Å². The van der Waals surface area contributed by atoms with E-state index in [2.05, 4.69) is 28.1 Å². The molecular weight excluding hydrogens is 473 g/mol. The van der Waals surface area contributed by atoms with Gasteiger partial charge in [-0.25, -0.2) is 4.57 Å². The molecule has 4 aromatic rings. The van der Waals surface area contributed by atoms with Crippen LogP contribution in [0, 0.1) is 13.8 Å². The van der Waals surface area contributed by atoms with Crippen LogP contribution in [0.1, 0.15) is 16.7 Å². The van der Waals surface area contributed by atoms with Crippen LogP contribution in [0.2, 0.25) is 0 Å². The standard InChI is InChI=1S/C25H21BrNO3P/c1-17-6-5-7-18(2)25(17)30-31(28)27(21-13-11-20(26)12-14-21)16-23-22-9-4-3-8-19(22)10-15-24(23)29-31/h3-15H,16H2,1-2H3. The summed E-state index contributed by atoms with van der Waals surface area (Å²) in [5, 5.41) is 2.20. The SMILES string of the molecule is Cc1cccc(C)c1OP1(=O)Oc2ccc3ccccc3c2CN1c1ccc(Br)cc1. The molecule has 1 atom stereocenters. The van der Waals surface area contributed by atoms with Gasteiger partial charge in [0, 0.05) is 15.7 Å². The molecule has 6 heteroatoms. The Morgan fingerprint density at radius 3 is 2.35 bits per heavy atom. The van der Waals surface area contributed by atoms with Gasteiger partial charge in [-0.3, -0.25) is 4.67 Å². The Bertz CT molecular complexity index is 1320. The zero-order chi connectivity index (χ0) is 21.6. The summed E-state index contributed by atoms with van der Waals surface area (Å²) in [6.45, 7) is 4.31. The summed E-state index contributed by atoms with van der Waals surface area (Å²) in [4.78, 5) is 0. The lowest BCUT2D eigenvalue weighted by molar-refractivity contribution is 0.369. The minimum Gasteiger partial charge on any atom is -0.400 e. The van der Waals surface area contributed by atoms with E-state index in [0.29, 0.717) is 18.0 Å². The molecule has 1 heterocycles. The fourth-order valence-electron chi connectivity index (χ4n) is 3.95. The van der Waals surface area contributed by atoms with E-state index >= 15 is 0 Å². The second-order valence-electron chi connectivity index (χ2n) is 7.67. The van der Waals surface area contributed by atoms with E-state index < -0.39 is 7.75 Å². The summed E-state index contributed by atoms with van der Waals surface area (Å²) in [7, 11) is -3.73. The molecule has 0 N–H and O–H groups in total. The van der Waals surface area contributed by atoms with Gasteiger partial charge in [-0.05, 0) is 66.1 Å². The quantitative estimate of drug-likeness (QED) is 0.273. The van der Waals surface area contributed by atoms with Crippen LogP contribution in [0.5, 0.6) is 11.5 Å². The second kappa shape index (κ2) is 7.74. The number of anilines is 1. The number of fused-ring (bicyclic) bond motifs is 3. The van der Waals surface area contributed by atoms with E-state index in [1.165, 1.54) is 0 Å². The smallest absolute Gasteiger partial charge is 0.400 e. The minimum absolute atomic E-state index is 0.417. The van der Waals surface area contributed by atoms with Crippen molar-refractivity contribution in [2.45, 2.75) is 20.4 Å². The maximum absolute atomic E-state index is 14.3. The average Bonchev–Trinajstić information content (AvgIpc) is 2.76. The van der Waals surface area contributed by atoms with Crippen molar-refractivity contribution in [3.05, 3.63) is 100 Å². The molecule has 1 unspecified atom stereocenters. The Hall–Kier alpha value is -2.75. The van der Waals surface area contributed by atoms with Gasteiger partial charge in [-0.1, -0.05) is 64.5 Å². The van der Waals surface area contributed by atoms with Crippen LogP contribution in [0.15, 0.2) is 83.3 Å². The maximum Gasteiger partial charge on any atom is 0.544 e. The summed E-state index contributed by atoms with van der Waals surface area (Å²) >= 11 is 3.48. The molecule has 0 aromatic heterocycles. The molecule has 0 amide bonds. The first-order valence-electron chi connectivity index (χ1n) is 10.0. The highest BCUT2D eigenvalue weighted by atomic mass is 79.9. The van der Waals surface area contributed by atoms with Crippen molar-refractivity contribution < 1.29 is 13.6 Å². The number of benzene rings is 4. The largest absolute Gasteiger partial charge is 0.544 e. The lowest BCUT2D eigenvalue weighted by Crippen LogP contribution is -2.29. The summed E-state index contributed by atoms with van der Waals surface area (Å²) in [6, 6.07) is 25.6. The number of para-hydroxylation sites is 1. The van der Waals surface area contributed by atoms with E-state index in [0.717, 1.165) is 37.6 Å². The van der Waals surface area contributed by atoms with Gasteiger partial charge in [-0.15, -0.1) is 0 Å². The van der Waals surface area contributed by atoms with Gasteiger partial charge < -0.3 is 9.05 Å². The third-order valence-electron chi connectivity index (χ3n) is 5.55. The third kappa shape index (κ3) is 3.62. The monoisotopic (exact) mass is 493 g/mol. The molecule has 0 spiro atoms. The van der Waals surface area contributed by atoms with Gasteiger partial charge in [0.2, 0.25) is 0 Å². The number of nitrogens with zero attached hydrogens (tertiary/aromatic N) is 1. The zero-order valence-electron chi connectivity index (χ0n) is 17.2. The van der Waals surface area contributed by atoms with Crippen LogP contribution in [-0.4, -0.2) is 0 Å². The number of aryl methyl sites for hydroxylation is 2. The van der Waals surface area contributed by atoms with Crippen molar-refractivity contribution in [2.75, 3.05) is 4.67 Å². The van der Waals surface area contributed by atoms with E-state index in [1.807, 2.05) is 80.6 Å². The third-order valence-corrected chi connectivity index (χ3v) is 7.89. The van der Waals surface area contributed by atoms with Crippen LogP contribution in [0.25, 0.3) is 10.8 Å². The van der Waals surface area contributed by atoms with Gasteiger partial charge in [0.15, 0.2) is 0 Å². The van der Waals surface area contributed by atoms with Crippen molar-refractivity contribution >= 4 is 40.1 Å². The summed E-state index contributed by atoms with van der Waals surface area (Å²) < 4.78 is 29.4.